The number of anilines is 1. The van der Waals surface area contributed by atoms with E-state index in [2.05, 4.69) is 5.32 Å². The lowest BCUT2D eigenvalue weighted by Gasteiger charge is -2.05. The highest BCUT2D eigenvalue weighted by Gasteiger charge is 2.16. The SMILES string of the molecule is N#Cc1ccc(NC(=O)CSCC(=O)O)c([N+](=O)[O-])c1. The van der Waals surface area contributed by atoms with E-state index in [1.807, 2.05) is 0 Å². The zero-order chi connectivity index (χ0) is 15.1. The highest BCUT2D eigenvalue weighted by atomic mass is 32.2. The Kier molecular flexibility index (Phi) is 5.49. The molecule has 1 amide bonds. The molecule has 0 bridgehead atoms. The van der Waals surface area contributed by atoms with Crippen LogP contribution >= 0.6 is 11.8 Å². The maximum absolute atomic E-state index is 11.5. The number of nitro benzene ring substituents is 1. The molecule has 0 unspecified atom stereocenters. The summed E-state index contributed by atoms with van der Waals surface area (Å²) in [7, 11) is 0. The van der Waals surface area contributed by atoms with E-state index >= 15 is 0 Å². The molecule has 0 aliphatic carbocycles. The van der Waals surface area contributed by atoms with Gasteiger partial charge in [-0.05, 0) is 12.1 Å². The molecule has 0 saturated carbocycles. The minimum Gasteiger partial charge on any atom is -0.481 e. The number of rotatable bonds is 6. The first kappa shape index (κ1) is 15.5. The number of hydrogen-bond donors (Lipinski definition) is 2. The Balaban J connectivity index is 2.77. The van der Waals surface area contributed by atoms with Gasteiger partial charge in [0.05, 0.1) is 28.1 Å². The zero-order valence-electron chi connectivity index (χ0n) is 10.0. The highest BCUT2D eigenvalue weighted by Crippen LogP contribution is 2.25. The van der Waals surface area contributed by atoms with Crippen LogP contribution in [0.25, 0.3) is 0 Å². The molecule has 1 aromatic carbocycles. The molecule has 8 nitrogen and oxygen atoms in total. The van der Waals surface area contributed by atoms with Crippen molar-refractivity contribution in [2.24, 2.45) is 0 Å². The number of carbonyl (C=O) groups excluding carboxylic acids is 1. The van der Waals surface area contributed by atoms with Crippen molar-refractivity contribution in [1.29, 1.82) is 5.26 Å². The average Bonchev–Trinajstić information content (AvgIpc) is 2.38. The third kappa shape index (κ3) is 4.58. The molecule has 0 saturated heterocycles. The number of benzene rings is 1. The molecule has 9 heteroatoms. The molecule has 0 aromatic heterocycles. The Morgan fingerprint density at radius 3 is 2.70 bits per heavy atom. The minimum atomic E-state index is -1.05. The molecule has 0 radical (unpaired) electrons. The summed E-state index contributed by atoms with van der Waals surface area (Å²) in [6.07, 6.45) is 0. The molecule has 0 spiro atoms. The van der Waals surface area contributed by atoms with Gasteiger partial charge in [0.1, 0.15) is 5.69 Å². The van der Waals surface area contributed by atoms with Crippen molar-refractivity contribution >= 4 is 35.0 Å². The number of amides is 1. The zero-order valence-corrected chi connectivity index (χ0v) is 10.8. The van der Waals surface area contributed by atoms with Gasteiger partial charge in [0.2, 0.25) is 5.91 Å². The number of aliphatic carboxylic acids is 1. The van der Waals surface area contributed by atoms with E-state index in [0.29, 0.717) is 0 Å². The van der Waals surface area contributed by atoms with Crippen LogP contribution < -0.4 is 5.32 Å². The van der Waals surface area contributed by atoms with Gasteiger partial charge in [0, 0.05) is 6.07 Å². The average molecular weight is 295 g/mol. The molecule has 0 fully saturated rings. The number of carboxylic acid groups (broad SMARTS) is 1. The Morgan fingerprint density at radius 2 is 2.15 bits per heavy atom. The predicted molar refractivity (Wildman–Crippen MR) is 71.4 cm³/mol. The monoisotopic (exact) mass is 295 g/mol. The summed E-state index contributed by atoms with van der Waals surface area (Å²) >= 11 is 0.877. The second kappa shape index (κ2) is 7.10. The number of hydrogen-bond acceptors (Lipinski definition) is 6. The molecule has 0 aliphatic rings. The van der Waals surface area contributed by atoms with Crippen molar-refractivity contribution in [3.05, 3.63) is 33.9 Å². The van der Waals surface area contributed by atoms with Gasteiger partial charge in [-0.1, -0.05) is 0 Å². The van der Waals surface area contributed by atoms with Gasteiger partial charge >= 0.3 is 5.97 Å². The lowest BCUT2D eigenvalue weighted by molar-refractivity contribution is -0.383. The number of nitrogens with zero attached hydrogens (tertiary/aromatic N) is 2. The smallest absolute Gasteiger partial charge is 0.313 e. The standard InChI is InChI=1S/C11H9N3O5S/c12-4-7-1-2-8(9(3-7)14(18)19)13-10(15)5-20-6-11(16)17/h1-3H,5-6H2,(H,13,15)(H,16,17). The highest BCUT2D eigenvalue weighted by molar-refractivity contribution is 8.00. The molecule has 0 heterocycles. The summed E-state index contributed by atoms with van der Waals surface area (Å²) in [5.74, 6) is -1.97. The first-order valence-electron chi connectivity index (χ1n) is 5.22. The summed E-state index contributed by atoms with van der Waals surface area (Å²) in [5, 5.41) is 30.2. The largest absolute Gasteiger partial charge is 0.481 e. The number of nitriles is 1. The van der Waals surface area contributed by atoms with Crippen molar-refractivity contribution in [1.82, 2.24) is 0 Å². The van der Waals surface area contributed by atoms with Crippen molar-refractivity contribution in [2.45, 2.75) is 0 Å². The summed E-state index contributed by atoms with van der Waals surface area (Å²) in [5.41, 5.74) is -0.314. The lowest BCUT2D eigenvalue weighted by Crippen LogP contribution is -2.16. The van der Waals surface area contributed by atoms with E-state index in [0.717, 1.165) is 17.8 Å². The van der Waals surface area contributed by atoms with Crippen LogP contribution in [0.15, 0.2) is 18.2 Å². The number of carboxylic acids is 1. The first-order valence-corrected chi connectivity index (χ1v) is 6.37. The van der Waals surface area contributed by atoms with Gasteiger partial charge in [-0.3, -0.25) is 19.7 Å². The van der Waals surface area contributed by atoms with Gasteiger partial charge in [0.15, 0.2) is 0 Å². The third-order valence-corrected chi connectivity index (χ3v) is 2.97. The third-order valence-electron chi connectivity index (χ3n) is 2.06. The maximum atomic E-state index is 11.5. The van der Waals surface area contributed by atoms with Gasteiger partial charge in [0.25, 0.3) is 5.69 Å². The first-order chi connectivity index (χ1) is 9.43. The van der Waals surface area contributed by atoms with Crippen LogP contribution in [0.5, 0.6) is 0 Å². The molecular weight excluding hydrogens is 286 g/mol. The van der Waals surface area contributed by atoms with Crippen molar-refractivity contribution < 1.29 is 19.6 Å². The summed E-state index contributed by atoms with van der Waals surface area (Å²) < 4.78 is 0. The number of thioether (sulfide) groups is 1. The Bertz CT molecular complexity index is 596. The molecule has 0 aliphatic heterocycles. The maximum Gasteiger partial charge on any atom is 0.313 e. The van der Waals surface area contributed by atoms with Gasteiger partial charge in [-0.15, -0.1) is 11.8 Å². The van der Waals surface area contributed by atoms with Crippen LogP contribution in [0.3, 0.4) is 0 Å². The van der Waals surface area contributed by atoms with E-state index in [4.69, 9.17) is 10.4 Å². The predicted octanol–water partition coefficient (Wildman–Crippen LogP) is 1.22. The van der Waals surface area contributed by atoms with Crippen LogP contribution in [0, 0.1) is 21.4 Å². The normalized spacial score (nSPS) is 9.55. The molecule has 1 rings (SSSR count). The van der Waals surface area contributed by atoms with E-state index in [1.54, 1.807) is 6.07 Å². The number of carbonyl (C=O) groups is 2. The lowest BCUT2D eigenvalue weighted by atomic mass is 10.2. The number of nitro groups is 1. The van der Waals surface area contributed by atoms with Crippen molar-refractivity contribution in [3.8, 4) is 6.07 Å². The van der Waals surface area contributed by atoms with E-state index in [1.165, 1.54) is 12.1 Å². The fourth-order valence-electron chi connectivity index (χ4n) is 1.28. The number of nitrogens with one attached hydrogen (secondary N) is 1. The van der Waals surface area contributed by atoms with Crippen LogP contribution in [0.2, 0.25) is 0 Å². The minimum absolute atomic E-state index is 0.0325. The van der Waals surface area contributed by atoms with E-state index < -0.39 is 16.8 Å². The summed E-state index contributed by atoms with van der Waals surface area (Å²) in [6, 6.07) is 5.42. The van der Waals surface area contributed by atoms with Gasteiger partial charge < -0.3 is 10.4 Å². The van der Waals surface area contributed by atoms with Crippen LogP contribution in [-0.4, -0.2) is 33.4 Å². The second-order valence-electron chi connectivity index (χ2n) is 3.54. The van der Waals surface area contributed by atoms with Crippen LogP contribution in [-0.2, 0) is 9.59 Å². The summed E-state index contributed by atoms with van der Waals surface area (Å²) in [6.45, 7) is 0. The molecule has 2 N–H and O–H groups in total. The van der Waals surface area contributed by atoms with E-state index in [9.17, 15) is 19.7 Å². The second-order valence-corrected chi connectivity index (χ2v) is 4.52. The molecular formula is C11H9N3O5S. The Labute approximate surface area is 117 Å². The van der Waals surface area contributed by atoms with Crippen LogP contribution in [0.1, 0.15) is 5.56 Å². The van der Waals surface area contributed by atoms with Gasteiger partial charge in [-0.2, -0.15) is 5.26 Å². The molecule has 104 valence electrons. The molecule has 20 heavy (non-hydrogen) atoms. The van der Waals surface area contributed by atoms with E-state index in [-0.39, 0.29) is 28.4 Å². The molecule has 0 atom stereocenters. The fraction of sp³-hybridized carbons (Fsp3) is 0.182. The van der Waals surface area contributed by atoms with Crippen LogP contribution in [0.4, 0.5) is 11.4 Å². The topological polar surface area (TPSA) is 133 Å². The van der Waals surface area contributed by atoms with Crippen molar-refractivity contribution in [2.75, 3.05) is 16.8 Å². The Hall–Kier alpha value is -2.60. The Morgan fingerprint density at radius 1 is 1.45 bits per heavy atom. The fourth-order valence-corrected chi connectivity index (χ4v) is 1.81. The quantitative estimate of drug-likeness (QED) is 0.595. The molecule has 1 aromatic rings. The van der Waals surface area contributed by atoms with Crippen molar-refractivity contribution in [3.63, 3.8) is 0 Å². The van der Waals surface area contributed by atoms with Gasteiger partial charge in [-0.25, -0.2) is 0 Å². The summed E-state index contributed by atoms with van der Waals surface area (Å²) in [4.78, 5) is 31.9.